The molecule has 4 bridgehead atoms. The second kappa shape index (κ2) is 5.23. The van der Waals surface area contributed by atoms with Gasteiger partial charge in [-0.1, -0.05) is 0 Å². The summed E-state index contributed by atoms with van der Waals surface area (Å²) in [6.07, 6.45) is 11.8. The molecular weight excluding hydrogens is 304 g/mol. The second-order valence-corrected chi connectivity index (χ2v) is 8.39. The monoisotopic (exact) mass is 328 g/mol. The zero-order valence-electron chi connectivity index (χ0n) is 13.8. The Kier molecular flexibility index (Phi) is 3.22. The van der Waals surface area contributed by atoms with E-state index in [2.05, 4.69) is 15.4 Å². The minimum Gasteiger partial charge on any atom is -0.390 e. The van der Waals surface area contributed by atoms with Crippen LogP contribution in [0.4, 0.5) is 0 Å². The summed E-state index contributed by atoms with van der Waals surface area (Å²) in [7, 11) is 0. The van der Waals surface area contributed by atoms with Crippen LogP contribution in [0.25, 0.3) is 0 Å². The lowest BCUT2D eigenvalue weighted by Gasteiger charge is -2.60. The molecule has 1 amide bonds. The van der Waals surface area contributed by atoms with Gasteiger partial charge in [0.15, 0.2) is 0 Å². The summed E-state index contributed by atoms with van der Waals surface area (Å²) in [5.41, 5.74) is 3.54. The van der Waals surface area contributed by atoms with Crippen molar-refractivity contribution in [2.75, 3.05) is 0 Å². The molecule has 0 saturated heterocycles. The van der Waals surface area contributed by atoms with Crippen LogP contribution >= 0.6 is 0 Å². The topological polar surface area (TPSA) is 78.4 Å². The summed E-state index contributed by atoms with van der Waals surface area (Å²) in [6.45, 7) is 0. The highest BCUT2D eigenvalue weighted by Gasteiger charge is 2.57. The SMILES string of the molecule is O=C(c1cncnc1)N(NC1CC1)C1C2CC3CC1CC(O)(C3)C2. The summed E-state index contributed by atoms with van der Waals surface area (Å²) in [6, 6.07) is 0.606. The van der Waals surface area contributed by atoms with E-state index >= 15 is 0 Å². The molecule has 1 heterocycles. The van der Waals surface area contributed by atoms with E-state index in [1.807, 2.05) is 5.01 Å². The van der Waals surface area contributed by atoms with Gasteiger partial charge >= 0.3 is 0 Å². The van der Waals surface area contributed by atoms with Crippen LogP contribution < -0.4 is 5.43 Å². The summed E-state index contributed by atoms with van der Waals surface area (Å²) in [5, 5.41) is 12.7. The number of hydrogen-bond donors (Lipinski definition) is 2. The minimum atomic E-state index is -0.475. The largest absolute Gasteiger partial charge is 0.390 e. The number of hydrazine groups is 1. The lowest BCUT2D eigenvalue weighted by atomic mass is 9.52. The van der Waals surface area contributed by atoms with Crippen LogP contribution in [0.1, 0.15) is 55.3 Å². The van der Waals surface area contributed by atoms with Gasteiger partial charge in [0.25, 0.3) is 5.91 Å². The average Bonchev–Trinajstić information content (AvgIpc) is 3.36. The number of carbonyl (C=O) groups is 1. The Morgan fingerprint density at radius 1 is 1.17 bits per heavy atom. The fourth-order valence-corrected chi connectivity index (χ4v) is 5.61. The molecule has 2 unspecified atom stereocenters. The maximum Gasteiger partial charge on any atom is 0.271 e. The van der Waals surface area contributed by atoms with Crippen LogP contribution in [-0.4, -0.2) is 43.7 Å². The molecule has 1 aromatic heterocycles. The summed E-state index contributed by atoms with van der Waals surface area (Å²) < 4.78 is 0. The smallest absolute Gasteiger partial charge is 0.271 e. The maximum atomic E-state index is 13.1. The standard InChI is InChI=1S/C18H24N4O2/c23-17(14-8-19-10-20-9-14)22(21-15-1-2-15)16-12-3-11-4-13(16)7-18(24,5-11)6-12/h8-13,15-16,21,24H,1-7H2. The molecule has 5 aliphatic carbocycles. The predicted octanol–water partition coefficient (Wildman–Crippen LogP) is 1.53. The fourth-order valence-electron chi connectivity index (χ4n) is 5.61. The van der Waals surface area contributed by atoms with Gasteiger partial charge < -0.3 is 5.11 Å². The van der Waals surface area contributed by atoms with E-state index in [0.29, 0.717) is 29.4 Å². The highest BCUT2D eigenvalue weighted by Crippen LogP contribution is 2.57. The van der Waals surface area contributed by atoms with E-state index in [9.17, 15) is 9.90 Å². The first-order valence-corrected chi connectivity index (χ1v) is 9.18. The molecule has 5 fully saturated rings. The van der Waals surface area contributed by atoms with Crippen molar-refractivity contribution in [1.82, 2.24) is 20.4 Å². The molecule has 1 aromatic rings. The summed E-state index contributed by atoms with van der Waals surface area (Å²) >= 11 is 0. The molecule has 6 heteroatoms. The van der Waals surface area contributed by atoms with E-state index in [4.69, 9.17) is 0 Å². The quantitative estimate of drug-likeness (QED) is 0.820. The van der Waals surface area contributed by atoms with Crippen molar-refractivity contribution in [2.24, 2.45) is 17.8 Å². The number of hydrogen-bond acceptors (Lipinski definition) is 5. The fraction of sp³-hybridized carbons (Fsp3) is 0.722. The summed E-state index contributed by atoms with van der Waals surface area (Å²) in [4.78, 5) is 21.1. The Labute approximate surface area is 141 Å². The number of amides is 1. The van der Waals surface area contributed by atoms with Gasteiger partial charge in [0, 0.05) is 18.4 Å². The van der Waals surface area contributed by atoms with Crippen molar-refractivity contribution in [3.63, 3.8) is 0 Å². The van der Waals surface area contributed by atoms with Crippen molar-refractivity contribution < 1.29 is 9.90 Å². The van der Waals surface area contributed by atoms with Gasteiger partial charge in [-0.3, -0.25) is 9.80 Å². The lowest BCUT2D eigenvalue weighted by molar-refractivity contribution is -0.160. The maximum absolute atomic E-state index is 13.1. The van der Waals surface area contributed by atoms with Crippen LogP contribution in [0.3, 0.4) is 0 Å². The number of nitrogens with one attached hydrogen (secondary N) is 1. The first-order valence-electron chi connectivity index (χ1n) is 9.18. The highest BCUT2D eigenvalue weighted by molar-refractivity contribution is 5.93. The molecule has 0 spiro atoms. The van der Waals surface area contributed by atoms with Gasteiger partial charge in [0.1, 0.15) is 6.33 Å². The van der Waals surface area contributed by atoms with E-state index in [-0.39, 0.29) is 11.9 Å². The molecular formula is C18H24N4O2. The van der Waals surface area contributed by atoms with Gasteiger partial charge in [-0.15, -0.1) is 0 Å². The van der Waals surface area contributed by atoms with Crippen LogP contribution in [-0.2, 0) is 0 Å². The van der Waals surface area contributed by atoms with Crippen molar-refractivity contribution in [3.8, 4) is 0 Å². The zero-order chi connectivity index (χ0) is 16.3. The van der Waals surface area contributed by atoms with Crippen molar-refractivity contribution in [1.29, 1.82) is 0 Å². The van der Waals surface area contributed by atoms with E-state index in [1.165, 1.54) is 6.33 Å². The molecule has 2 N–H and O–H groups in total. The Hall–Kier alpha value is -1.53. The zero-order valence-corrected chi connectivity index (χ0v) is 13.8. The molecule has 6 rings (SSSR count). The third-order valence-corrected chi connectivity index (χ3v) is 6.41. The van der Waals surface area contributed by atoms with Gasteiger partial charge in [0.05, 0.1) is 17.2 Å². The van der Waals surface area contributed by atoms with Crippen molar-refractivity contribution >= 4 is 5.91 Å². The Morgan fingerprint density at radius 3 is 2.42 bits per heavy atom. The predicted molar refractivity (Wildman–Crippen MR) is 86.7 cm³/mol. The molecule has 0 aromatic carbocycles. The molecule has 5 saturated carbocycles. The van der Waals surface area contributed by atoms with E-state index < -0.39 is 5.60 Å². The average molecular weight is 328 g/mol. The van der Waals surface area contributed by atoms with Crippen LogP contribution in [0.15, 0.2) is 18.7 Å². The summed E-state index contributed by atoms with van der Waals surface area (Å²) in [5.74, 6) is 1.43. The Balaban J connectivity index is 1.45. The first kappa shape index (κ1) is 14.8. The lowest BCUT2D eigenvalue weighted by Crippen LogP contribution is -2.65. The first-order chi connectivity index (χ1) is 11.6. The number of rotatable bonds is 4. The highest BCUT2D eigenvalue weighted by atomic mass is 16.3. The number of aliphatic hydroxyl groups is 1. The van der Waals surface area contributed by atoms with Crippen molar-refractivity contribution in [3.05, 3.63) is 24.3 Å². The van der Waals surface area contributed by atoms with E-state index in [0.717, 1.165) is 44.9 Å². The third-order valence-electron chi connectivity index (χ3n) is 6.41. The molecule has 0 aliphatic heterocycles. The van der Waals surface area contributed by atoms with E-state index in [1.54, 1.807) is 12.4 Å². The van der Waals surface area contributed by atoms with Crippen LogP contribution in [0, 0.1) is 17.8 Å². The molecule has 128 valence electrons. The van der Waals surface area contributed by atoms with Crippen molar-refractivity contribution in [2.45, 2.75) is 62.6 Å². The van der Waals surface area contributed by atoms with Gasteiger partial charge in [0.2, 0.25) is 0 Å². The normalized spacial score (nSPS) is 39.9. The Morgan fingerprint density at radius 2 is 1.83 bits per heavy atom. The van der Waals surface area contributed by atoms with Crippen LogP contribution in [0.5, 0.6) is 0 Å². The van der Waals surface area contributed by atoms with Gasteiger partial charge in [-0.05, 0) is 62.7 Å². The Bertz CT molecular complexity index is 632. The van der Waals surface area contributed by atoms with Crippen LogP contribution in [0.2, 0.25) is 0 Å². The number of nitrogens with zero attached hydrogens (tertiary/aromatic N) is 3. The van der Waals surface area contributed by atoms with Gasteiger partial charge in [-0.25, -0.2) is 15.4 Å². The second-order valence-electron chi connectivity index (χ2n) is 8.39. The minimum absolute atomic E-state index is 0.0213. The number of aromatic nitrogens is 2. The molecule has 2 atom stereocenters. The van der Waals surface area contributed by atoms with Gasteiger partial charge in [-0.2, -0.15) is 0 Å². The third kappa shape index (κ3) is 2.43. The molecule has 6 nitrogen and oxygen atoms in total. The molecule has 5 aliphatic rings. The number of carbonyl (C=O) groups excluding carboxylic acids is 1. The molecule has 24 heavy (non-hydrogen) atoms. The molecule has 0 radical (unpaired) electrons.